The highest BCUT2D eigenvalue weighted by molar-refractivity contribution is 7.99. The number of benzene rings is 1. The predicted octanol–water partition coefficient (Wildman–Crippen LogP) is 3.04. The molecule has 0 saturated carbocycles. The molecular weight excluding hydrogens is 346 g/mol. The van der Waals surface area contributed by atoms with Crippen molar-refractivity contribution in [1.82, 2.24) is 5.32 Å². The second-order valence-corrected chi connectivity index (χ2v) is 7.04. The van der Waals surface area contributed by atoms with E-state index >= 15 is 0 Å². The van der Waals surface area contributed by atoms with Gasteiger partial charge >= 0.3 is 5.97 Å². The Balaban J connectivity index is 1.63. The summed E-state index contributed by atoms with van der Waals surface area (Å²) >= 11 is 2.78. The number of rotatable bonds is 7. The first-order valence-corrected chi connectivity index (χ1v) is 9.14. The van der Waals surface area contributed by atoms with E-state index in [4.69, 9.17) is 4.74 Å². The summed E-state index contributed by atoms with van der Waals surface area (Å²) in [4.78, 5) is 36.3. The van der Waals surface area contributed by atoms with Crippen LogP contribution in [-0.4, -0.2) is 30.1 Å². The Bertz CT molecular complexity index is 696. The third-order valence-electron chi connectivity index (χ3n) is 2.96. The van der Waals surface area contributed by atoms with E-state index in [0.29, 0.717) is 10.6 Å². The average molecular weight is 363 g/mol. The van der Waals surface area contributed by atoms with Gasteiger partial charge in [-0.3, -0.25) is 19.7 Å². The van der Waals surface area contributed by atoms with Gasteiger partial charge in [-0.2, -0.15) is 0 Å². The second kappa shape index (κ2) is 9.24. The summed E-state index contributed by atoms with van der Waals surface area (Å²) in [5.74, 6) is -1.01. The maximum atomic E-state index is 11.6. The van der Waals surface area contributed by atoms with Crippen molar-refractivity contribution < 1.29 is 19.1 Å². The topological polar surface area (TPSA) is 72.5 Å². The molecule has 0 aliphatic carbocycles. The Morgan fingerprint density at radius 1 is 1.17 bits per heavy atom. The highest BCUT2D eigenvalue weighted by Gasteiger charge is 2.13. The van der Waals surface area contributed by atoms with Gasteiger partial charge in [0.15, 0.2) is 6.61 Å². The summed E-state index contributed by atoms with van der Waals surface area (Å²) in [6, 6.07) is 11.3. The fraction of sp³-hybridized carbons (Fsp3) is 0.235. The van der Waals surface area contributed by atoms with Crippen LogP contribution in [0.2, 0.25) is 0 Å². The number of esters is 1. The van der Waals surface area contributed by atoms with E-state index in [1.54, 1.807) is 29.3 Å². The molecule has 2 amide bonds. The number of carbonyl (C=O) groups is 3. The van der Waals surface area contributed by atoms with Gasteiger partial charge in [0, 0.05) is 10.6 Å². The van der Waals surface area contributed by atoms with Crippen molar-refractivity contribution in [2.75, 3.05) is 12.4 Å². The number of amides is 2. The van der Waals surface area contributed by atoms with Gasteiger partial charge < -0.3 is 4.74 Å². The molecular formula is C17H17NO4S2. The lowest BCUT2D eigenvalue weighted by molar-refractivity contribution is -0.147. The van der Waals surface area contributed by atoms with E-state index in [1.165, 1.54) is 16.9 Å². The molecule has 1 N–H and O–H groups in total. The van der Waals surface area contributed by atoms with Crippen LogP contribution in [0.15, 0.2) is 46.7 Å². The highest BCUT2D eigenvalue weighted by atomic mass is 32.2. The molecule has 2 rings (SSSR count). The van der Waals surface area contributed by atoms with Gasteiger partial charge in [-0.05, 0) is 30.5 Å². The zero-order valence-corrected chi connectivity index (χ0v) is 14.7. The van der Waals surface area contributed by atoms with Gasteiger partial charge in [0.05, 0.1) is 11.3 Å². The van der Waals surface area contributed by atoms with Gasteiger partial charge in [-0.1, -0.05) is 23.8 Å². The van der Waals surface area contributed by atoms with Crippen LogP contribution in [0.5, 0.6) is 0 Å². The molecule has 0 saturated heterocycles. The smallest absolute Gasteiger partial charge is 0.307 e. The Hall–Kier alpha value is -2.12. The molecule has 1 aromatic heterocycles. The molecule has 24 heavy (non-hydrogen) atoms. The fourth-order valence-electron chi connectivity index (χ4n) is 1.74. The van der Waals surface area contributed by atoms with E-state index in [0.717, 1.165) is 4.90 Å². The van der Waals surface area contributed by atoms with E-state index in [9.17, 15) is 14.4 Å². The number of thioether (sulfide) groups is 1. The van der Waals surface area contributed by atoms with Crippen molar-refractivity contribution in [3.05, 3.63) is 52.2 Å². The number of thiophene rings is 1. The van der Waals surface area contributed by atoms with Crippen LogP contribution in [0.4, 0.5) is 0 Å². The zero-order chi connectivity index (χ0) is 17.4. The normalized spacial score (nSPS) is 10.2. The summed E-state index contributed by atoms with van der Waals surface area (Å²) < 4.78 is 4.87. The van der Waals surface area contributed by atoms with Gasteiger partial charge in [0.1, 0.15) is 0 Å². The molecule has 0 fully saturated rings. The predicted molar refractivity (Wildman–Crippen MR) is 94.3 cm³/mol. The first-order chi connectivity index (χ1) is 11.5. The minimum Gasteiger partial charge on any atom is -0.456 e. The van der Waals surface area contributed by atoms with Crippen molar-refractivity contribution in [3.8, 4) is 0 Å². The van der Waals surface area contributed by atoms with Crippen LogP contribution in [0.1, 0.15) is 21.7 Å². The molecule has 1 heterocycles. The summed E-state index contributed by atoms with van der Waals surface area (Å²) in [5, 5.41) is 3.92. The zero-order valence-electron chi connectivity index (χ0n) is 13.1. The van der Waals surface area contributed by atoms with Crippen LogP contribution < -0.4 is 5.32 Å². The minimum absolute atomic E-state index is 0.199. The van der Waals surface area contributed by atoms with Gasteiger partial charge in [-0.25, -0.2) is 0 Å². The van der Waals surface area contributed by atoms with Crippen LogP contribution >= 0.6 is 23.1 Å². The molecule has 0 bridgehead atoms. The maximum Gasteiger partial charge on any atom is 0.307 e. The quantitative estimate of drug-likeness (QED) is 0.605. The molecule has 0 aliphatic heterocycles. The third-order valence-corrected chi connectivity index (χ3v) is 4.84. The van der Waals surface area contributed by atoms with E-state index < -0.39 is 24.4 Å². The lowest BCUT2D eigenvalue weighted by Gasteiger charge is -2.05. The highest BCUT2D eigenvalue weighted by Crippen LogP contribution is 2.19. The molecule has 5 nitrogen and oxygen atoms in total. The van der Waals surface area contributed by atoms with Gasteiger partial charge in [0.25, 0.3) is 11.8 Å². The first-order valence-electron chi connectivity index (χ1n) is 7.27. The van der Waals surface area contributed by atoms with Crippen molar-refractivity contribution in [1.29, 1.82) is 0 Å². The van der Waals surface area contributed by atoms with E-state index in [1.807, 2.05) is 31.2 Å². The van der Waals surface area contributed by atoms with Crippen LogP contribution in [-0.2, 0) is 14.3 Å². The molecule has 0 unspecified atom stereocenters. The van der Waals surface area contributed by atoms with Gasteiger partial charge in [0.2, 0.25) is 0 Å². The summed E-state index contributed by atoms with van der Waals surface area (Å²) in [7, 11) is 0. The molecule has 0 atom stereocenters. The number of ether oxygens (including phenoxy) is 1. The van der Waals surface area contributed by atoms with Crippen LogP contribution in [0, 0.1) is 6.92 Å². The Kier molecular flexibility index (Phi) is 7.02. The first kappa shape index (κ1) is 18.2. The van der Waals surface area contributed by atoms with E-state index in [-0.39, 0.29) is 6.42 Å². The van der Waals surface area contributed by atoms with Crippen LogP contribution in [0.25, 0.3) is 0 Å². The molecule has 0 aliphatic rings. The average Bonchev–Trinajstić information content (AvgIpc) is 3.09. The Labute approximate surface area is 148 Å². The van der Waals surface area contributed by atoms with Gasteiger partial charge in [-0.15, -0.1) is 23.1 Å². The van der Waals surface area contributed by atoms with Crippen molar-refractivity contribution in [2.45, 2.75) is 18.2 Å². The summed E-state index contributed by atoms with van der Waals surface area (Å²) in [5.41, 5.74) is 1.18. The van der Waals surface area contributed by atoms with Crippen molar-refractivity contribution in [2.24, 2.45) is 0 Å². The SMILES string of the molecule is Cc1ccc(SCCC(=O)OCC(=O)NC(=O)c2cccs2)cc1. The summed E-state index contributed by atoms with van der Waals surface area (Å²) in [6.45, 7) is 1.56. The summed E-state index contributed by atoms with van der Waals surface area (Å²) in [6.07, 6.45) is 0.199. The number of carbonyl (C=O) groups excluding carboxylic acids is 3. The Morgan fingerprint density at radius 2 is 1.92 bits per heavy atom. The lowest BCUT2D eigenvalue weighted by atomic mass is 10.2. The van der Waals surface area contributed by atoms with Crippen molar-refractivity contribution in [3.63, 3.8) is 0 Å². The molecule has 1 aromatic carbocycles. The lowest BCUT2D eigenvalue weighted by Crippen LogP contribution is -2.33. The largest absolute Gasteiger partial charge is 0.456 e. The second-order valence-electron chi connectivity index (χ2n) is 4.93. The number of hydrogen-bond acceptors (Lipinski definition) is 6. The van der Waals surface area contributed by atoms with Crippen molar-refractivity contribution >= 4 is 40.9 Å². The molecule has 0 radical (unpaired) electrons. The number of imide groups is 1. The molecule has 2 aromatic rings. The minimum atomic E-state index is -0.632. The standard InChI is InChI=1S/C17H17NO4S2/c1-12-4-6-13(7-5-12)23-10-8-16(20)22-11-15(19)18-17(21)14-3-2-9-24-14/h2-7,9H,8,10-11H2,1H3,(H,18,19,21). The van der Waals surface area contributed by atoms with Crippen LogP contribution in [0.3, 0.4) is 0 Å². The Morgan fingerprint density at radius 3 is 2.58 bits per heavy atom. The third kappa shape index (κ3) is 6.17. The number of aryl methyl sites for hydroxylation is 1. The monoisotopic (exact) mass is 363 g/mol. The molecule has 0 spiro atoms. The molecule has 126 valence electrons. The van der Waals surface area contributed by atoms with E-state index in [2.05, 4.69) is 5.32 Å². The molecule has 7 heteroatoms. The fourth-order valence-corrected chi connectivity index (χ4v) is 3.19. The maximum absolute atomic E-state index is 11.6. The number of hydrogen-bond donors (Lipinski definition) is 1. The number of nitrogens with one attached hydrogen (secondary N) is 1.